The molecule has 0 unspecified atom stereocenters. The molecule has 0 fully saturated rings. The maximum Gasteiger partial charge on any atom is 0.222 e. The van der Waals surface area contributed by atoms with E-state index in [1.807, 2.05) is 0 Å². The van der Waals surface area contributed by atoms with Gasteiger partial charge in [-0.15, -0.1) is 0 Å². The molecule has 0 aliphatic carbocycles. The maximum atomic E-state index is 8.51. The third-order valence-corrected chi connectivity index (χ3v) is 1.24. The Morgan fingerprint density at radius 2 is 2.25 bits per heavy atom. The first-order valence-corrected chi connectivity index (χ1v) is 3.46. The zero-order chi connectivity index (χ0) is 8.97. The molecule has 6 N–H and O–H groups in total. The molecule has 1 rings (SSSR count). The number of aliphatic hydroxyl groups excluding tert-OH is 1. The van der Waals surface area contributed by atoms with E-state index in [0.717, 1.165) is 0 Å². The summed E-state index contributed by atoms with van der Waals surface area (Å²) in [6, 6.07) is 0. The molecule has 0 atom stereocenters. The summed E-state index contributed by atoms with van der Waals surface area (Å²) in [6.07, 6.45) is 1.42. The second-order valence-corrected chi connectivity index (χ2v) is 2.18. The Labute approximate surface area is 69.6 Å². The molecule has 0 spiro atoms. The van der Waals surface area contributed by atoms with Gasteiger partial charge in [0, 0.05) is 6.54 Å². The first-order valence-electron chi connectivity index (χ1n) is 3.46. The summed E-state index contributed by atoms with van der Waals surface area (Å²) in [4.78, 5) is 7.52. The summed E-state index contributed by atoms with van der Waals surface area (Å²) in [7, 11) is 0. The molecule has 0 aromatic carbocycles. The van der Waals surface area contributed by atoms with E-state index in [1.54, 1.807) is 0 Å². The van der Waals surface area contributed by atoms with E-state index in [2.05, 4.69) is 15.3 Å². The van der Waals surface area contributed by atoms with Crippen LogP contribution in [0.2, 0.25) is 0 Å². The molecule has 0 aliphatic rings. The van der Waals surface area contributed by atoms with Crippen LogP contribution in [0.1, 0.15) is 0 Å². The number of aliphatic hydroxyl groups is 1. The standard InChI is InChI=1S/C6H11N5O/c7-4-3-10-6(8)11-5(4)9-1-2-12/h3,12H,1-2,7H2,(H3,8,9,10,11). The van der Waals surface area contributed by atoms with E-state index < -0.39 is 0 Å². The molecule has 0 amide bonds. The number of nitrogens with zero attached hydrogens (tertiary/aromatic N) is 2. The highest BCUT2D eigenvalue weighted by atomic mass is 16.3. The second-order valence-electron chi connectivity index (χ2n) is 2.18. The molecular weight excluding hydrogens is 158 g/mol. The summed E-state index contributed by atoms with van der Waals surface area (Å²) in [5.74, 6) is 0.612. The monoisotopic (exact) mass is 169 g/mol. The van der Waals surface area contributed by atoms with Crippen LogP contribution in [0.5, 0.6) is 0 Å². The number of rotatable bonds is 3. The van der Waals surface area contributed by atoms with Crippen LogP contribution in [0, 0.1) is 0 Å². The van der Waals surface area contributed by atoms with Gasteiger partial charge in [-0.1, -0.05) is 0 Å². The Morgan fingerprint density at radius 3 is 2.92 bits per heavy atom. The first-order chi connectivity index (χ1) is 5.74. The molecule has 1 aromatic rings. The number of anilines is 3. The molecule has 6 heteroatoms. The summed E-state index contributed by atoms with van der Waals surface area (Å²) in [6.45, 7) is 0.407. The summed E-state index contributed by atoms with van der Waals surface area (Å²) in [5, 5.41) is 11.3. The van der Waals surface area contributed by atoms with Gasteiger partial charge in [-0.3, -0.25) is 0 Å². The van der Waals surface area contributed by atoms with Crippen molar-refractivity contribution >= 4 is 17.5 Å². The Morgan fingerprint density at radius 1 is 1.50 bits per heavy atom. The third kappa shape index (κ3) is 1.96. The first kappa shape index (κ1) is 8.54. The minimum absolute atomic E-state index is 0.0172. The lowest BCUT2D eigenvalue weighted by molar-refractivity contribution is 0.311. The van der Waals surface area contributed by atoms with Gasteiger partial charge in [0.25, 0.3) is 0 Å². The Bertz CT molecular complexity index is 264. The van der Waals surface area contributed by atoms with E-state index in [4.69, 9.17) is 16.6 Å². The maximum absolute atomic E-state index is 8.51. The molecular formula is C6H11N5O. The van der Waals surface area contributed by atoms with E-state index in [9.17, 15) is 0 Å². The fourth-order valence-corrected chi connectivity index (χ4v) is 0.721. The Kier molecular flexibility index (Phi) is 2.65. The van der Waals surface area contributed by atoms with Crippen LogP contribution in [0.15, 0.2) is 6.20 Å². The van der Waals surface area contributed by atoms with E-state index in [-0.39, 0.29) is 12.6 Å². The zero-order valence-corrected chi connectivity index (χ0v) is 6.49. The van der Waals surface area contributed by atoms with Crippen molar-refractivity contribution in [3.05, 3.63) is 6.20 Å². The quantitative estimate of drug-likeness (QED) is 0.464. The van der Waals surface area contributed by atoms with Crippen LogP contribution in [0.3, 0.4) is 0 Å². The Balaban J connectivity index is 2.75. The average molecular weight is 169 g/mol. The van der Waals surface area contributed by atoms with Gasteiger partial charge in [0.2, 0.25) is 5.95 Å². The van der Waals surface area contributed by atoms with Crippen LogP contribution in [0.25, 0.3) is 0 Å². The highest BCUT2D eigenvalue weighted by Crippen LogP contribution is 2.13. The normalized spacial score (nSPS) is 9.75. The number of nitrogens with one attached hydrogen (secondary N) is 1. The van der Waals surface area contributed by atoms with Crippen molar-refractivity contribution in [2.24, 2.45) is 0 Å². The minimum Gasteiger partial charge on any atom is -0.395 e. The molecule has 6 nitrogen and oxygen atoms in total. The van der Waals surface area contributed by atoms with Gasteiger partial charge in [0.15, 0.2) is 5.82 Å². The summed E-state index contributed by atoms with van der Waals surface area (Å²) >= 11 is 0. The van der Waals surface area contributed by atoms with Gasteiger partial charge >= 0.3 is 0 Å². The van der Waals surface area contributed by atoms with Gasteiger partial charge in [0.05, 0.1) is 18.5 Å². The van der Waals surface area contributed by atoms with Crippen LogP contribution in [0.4, 0.5) is 17.5 Å². The van der Waals surface area contributed by atoms with Crippen molar-refractivity contribution in [1.82, 2.24) is 9.97 Å². The van der Waals surface area contributed by atoms with Gasteiger partial charge in [0.1, 0.15) is 0 Å². The van der Waals surface area contributed by atoms with Crippen molar-refractivity contribution in [2.75, 3.05) is 29.9 Å². The SMILES string of the molecule is Nc1ncc(N)c(NCCO)n1. The average Bonchev–Trinajstić information content (AvgIpc) is 2.07. The summed E-state index contributed by atoms with van der Waals surface area (Å²) < 4.78 is 0. The predicted octanol–water partition coefficient (Wildman–Crippen LogP) is -0.955. The van der Waals surface area contributed by atoms with E-state index >= 15 is 0 Å². The molecule has 0 radical (unpaired) electrons. The van der Waals surface area contributed by atoms with Gasteiger partial charge < -0.3 is 21.9 Å². The van der Waals surface area contributed by atoms with Crippen molar-refractivity contribution in [1.29, 1.82) is 0 Å². The molecule has 0 bridgehead atoms. The zero-order valence-electron chi connectivity index (χ0n) is 6.49. The lowest BCUT2D eigenvalue weighted by Gasteiger charge is -2.05. The molecule has 1 heterocycles. The van der Waals surface area contributed by atoms with Crippen LogP contribution in [-0.4, -0.2) is 28.2 Å². The number of nitrogens with two attached hydrogens (primary N) is 2. The van der Waals surface area contributed by atoms with Gasteiger partial charge in [-0.2, -0.15) is 4.98 Å². The molecule has 0 saturated carbocycles. The highest BCUT2D eigenvalue weighted by molar-refractivity contribution is 5.61. The fourth-order valence-electron chi connectivity index (χ4n) is 0.721. The number of aromatic nitrogens is 2. The van der Waals surface area contributed by atoms with Gasteiger partial charge in [-0.05, 0) is 0 Å². The van der Waals surface area contributed by atoms with E-state index in [0.29, 0.717) is 18.1 Å². The molecule has 1 aromatic heterocycles. The topological polar surface area (TPSA) is 110 Å². The predicted molar refractivity (Wildman–Crippen MR) is 46.4 cm³/mol. The van der Waals surface area contributed by atoms with Crippen molar-refractivity contribution < 1.29 is 5.11 Å². The van der Waals surface area contributed by atoms with Crippen LogP contribution in [-0.2, 0) is 0 Å². The third-order valence-electron chi connectivity index (χ3n) is 1.24. The molecule has 66 valence electrons. The van der Waals surface area contributed by atoms with Crippen molar-refractivity contribution in [2.45, 2.75) is 0 Å². The minimum atomic E-state index is 0.0172. The van der Waals surface area contributed by atoms with Crippen molar-refractivity contribution in [3.8, 4) is 0 Å². The second kappa shape index (κ2) is 3.72. The van der Waals surface area contributed by atoms with Crippen molar-refractivity contribution in [3.63, 3.8) is 0 Å². The lowest BCUT2D eigenvalue weighted by Crippen LogP contribution is -2.10. The van der Waals surface area contributed by atoms with E-state index in [1.165, 1.54) is 6.20 Å². The lowest BCUT2D eigenvalue weighted by atomic mass is 10.5. The highest BCUT2D eigenvalue weighted by Gasteiger charge is 2.00. The molecule has 12 heavy (non-hydrogen) atoms. The van der Waals surface area contributed by atoms with Crippen LogP contribution >= 0.6 is 0 Å². The summed E-state index contributed by atoms with van der Waals surface area (Å²) in [5.41, 5.74) is 11.2. The van der Waals surface area contributed by atoms with Crippen LogP contribution < -0.4 is 16.8 Å². The number of hydrogen-bond donors (Lipinski definition) is 4. The number of hydrogen-bond acceptors (Lipinski definition) is 6. The Hall–Kier alpha value is -1.56. The number of nitrogen functional groups attached to an aromatic ring is 2. The smallest absolute Gasteiger partial charge is 0.222 e. The molecule has 0 aliphatic heterocycles. The van der Waals surface area contributed by atoms with Gasteiger partial charge in [-0.25, -0.2) is 4.98 Å². The molecule has 0 saturated heterocycles. The fraction of sp³-hybridized carbons (Fsp3) is 0.333. The largest absolute Gasteiger partial charge is 0.395 e.